The zero-order chi connectivity index (χ0) is 16.7. The highest BCUT2D eigenvalue weighted by atomic mass is 16.4. The van der Waals surface area contributed by atoms with Crippen molar-refractivity contribution in [1.82, 2.24) is 4.90 Å². The number of carboxylic acids is 1. The summed E-state index contributed by atoms with van der Waals surface area (Å²) in [5, 5.41) is 9.52. The lowest BCUT2D eigenvalue weighted by Gasteiger charge is -2.40. The quantitative estimate of drug-likeness (QED) is 0.919. The number of rotatable bonds is 3. The van der Waals surface area contributed by atoms with Gasteiger partial charge in [-0.3, -0.25) is 0 Å². The molecule has 1 saturated heterocycles. The molecule has 1 fully saturated rings. The first-order valence-electron chi connectivity index (χ1n) is 8.59. The molecule has 2 aliphatic rings. The predicted molar refractivity (Wildman–Crippen MR) is 93.5 cm³/mol. The second-order valence-electron chi connectivity index (χ2n) is 8.22. The number of carbonyl (C=O) groups is 1. The SMILES string of the molecule is CC(C)(C)CCN1CCC2(C=C(C(=O)O)c3ccccc32)CC1. The van der Waals surface area contributed by atoms with Gasteiger partial charge in [0.2, 0.25) is 0 Å². The lowest BCUT2D eigenvalue weighted by molar-refractivity contribution is -0.130. The second-order valence-corrected chi connectivity index (χ2v) is 8.22. The topological polar surface area (TPSA) is 40.5 Å². The van der Waals surface area contributed by atoms with Crippen molar-refractivity contribution in [2.75, 3.05) is 19.6 Å². The summed E-state index contributed by atoms with van der Waals surface area (Å²) < 4.78 is 0. The molecular formula is C20H27NO2. The van der Waals surface area contributed by atoms with E-state index < -0.39 is 5.97 Å². The number of hydrogen-bond donors (Lipinski definition) is 1. The van der Waals surface area contributed by atoms with Crippen molar-refractivity contribution in [3.05, 3.63) is 41.5 Å². The number of nitrogens with zero attached hydrogens (tertiary/aromatic N) is 1. The molecule has 3 nitrogen and oxygen atoms in total. The van der Waals surface area contributed by atoms with Gasteiger partial charge in [0.05, 0.1) is 5.57 Å². The molecule has 0 bridgehead atoms. The number of carboxylic acid groups (broad SMARTS) is 1. The van der Waals surface area contributed by atoms with E-state index >= 15 is 0 Å². The third-order valence-corrected chi connectivity index (χ3v) is 5.33. The Bertz CT molecular complexity index is 631. The Morgan fingerprint density at radius 1 is 1.22 bits per heavy atom. The highest BCUT2D eigenvalue weighted by Crippen LogP contribution is 2.47. The van der Waals surface area contributed by atoms with Gasteiger partial charge in [0.1, 0.15) is 0 Å². The van der Waals surface area contributed by atoms with Gasteiger partial charge in [0.15, 0.2) is 0 Å². The van der Waals surface area contributed by atoms with E-state index in [4.69, 9.17) is 0 Å². The van der Waals surface area contributed by atoms with Crippen molar-refractivity contribution in [2.24, 2.45) is 5.41 Å². The molecule has 0 saturated carbocycles. The van der Waals surface area contributed by atoms with Gasteiger partial charge < -0.3 is 10.0 Å². The Morgan fingerprint density at radius 2 is 1.87 bits per heavy atom. The lowest BCUT2D eigenvalue weighted by atomic mass is 9.74. The van der Waals surface area contributed by atoms with E-state index in [2.05, 4.69) is 31.7 Å². The van der Waals surface area contributed by atoms with Crippen LogP contribution in [0.3, 0.4) is 0 Å². The summed E-state index contributed by atoms with van der Waals surface area (Å²) in [5.74, 6) is -0.801. The van der Waals surface area contributed by atoms with Crippen molar-refractivity contribution in [3.63, 3.8) is 0 Å². The van der Waals surface area contributed by atoms with Crippen LogP contribution in [0.2, 0.25) is 0 Å². The van der Waals surface area contributed by atoms with Crippen molar-refractivity contribution in [2.45, 2.75) is 45.4 Å². The van der Waals surface area contributed by atoms with Gasteiger partial charge in [-0.1, -0.05) is 51.1 Å². The Balaban J connectivity index is 1.76. The van der Waals surface area contributed by atoms with Crippen LogP contribution in [0.15, 0.2) is 30.3 Å². The molecule has 1 aliphatic heterocycles. The molecule has 3 heteroatoms. The summed E-state index contributed by atoms with van der Waals surface area (Å²) in [4.78, 5) is 14.1. The average Bonchev–Trinajstić information content (AvgIpc) is 2.82. The second kappa shape index (κ2) is 5.79. The van der Waals surface area contributed by atoms with Crippen LogP contribution in [-0.4, -0.2) is 35.6 Å². The molecular weight excluding hydrogens is 286 g/mol. The maximum absolute atomic E-state index is 11.6. The number of piperidine rings is 1. The molecule has 0 unspecified atom stereocenters. The Hall–Kier alpha value is -1.61. The smallest absolute Gasteiger partial charge is 0.336 e. The zero-order valence-corrected chi connectivity index (χ0v) is 14.4. The van der Waals surface area contributed by atoms with Crippen molar-refractivity contribution < 1.29 is 9.90 Å². The van der Waals surface area contributed by atoms with Crippen molar-refractivity contribution in [3.8, 4) is 0 Å². The summed E-state index contributed by atoms with van der Waals surface area (Å²) in [6.45, 7) is 10.1. The molecule has 1 aromatic carbocycles. The fraction of sp³-hybridized carbons (Fsp3) is 0.550. The molecule has 1 spiro atoms. The third kappa shape index (κ3) is 3.20. The van der Waals surface area contributed by atoms with Gasteiger partial charge in [-0.05, 0) is 55.4 Å². The Morgan fingerprint density at radius 3 is 2.48 bits per heavy atom. The normalized spacial score (nSPS) is 20.4. The molecule has 0 amide bonds. The molecule has 1 heterocycles. The summed E-state index contributed by atoms with van der Waals surface area (Å²) in [7, 11) is 0. The lowest BCUT2D eigenvalue weighted by Crippen LogP contribution is -2.42. The minimum Gasteiger partial charge on any atom is -0.478 e. The fourth-order valence-corrected chi connectivity index (χ4v) is 3.84. The van der Waals surface area contributed by atoms with Crippen LogP contribution in [0.25, 0.3) is 5.57 Å². The molecule has 124 valence electrons. The van der Waals surface area contributed by atoms with Crippen LogP contribution < -0.4 is 0 Å². The van der Waals surface area contributed by atoms with Gasteiger partial charge in [-0.25, -0.2) is 4.79 Å². The molecule has 0 radical (unpaired) electrons. The first-order valence-corrected chi connectivity index (χ1v) is 8.59. The van der Waals surface area contributed by atoms with E-state index in [-0.39, 0.29) is 5.41 Å². The van der Waals surface area contributed by atoms with Gasteiger partial charge in [0.25, 0.3) is 0 Å². The maximum Gasteiger partial charge on any atom is 0.336 e. The summed E-state index contributed by atoms with van der Waals surface area (Å²) >= 11 is 0. The highest BCUT2D eigenvalue weighted by molar-refractivity contribution is 6.17. The molecule has 1 aliphatic carbocycles. The van der Waals surface area contributed by atoms with E-state index in [1.54, 1.807) is 0 Å². The fourth-order valence-electron chi connectivity index (χ4n) is 3.84. The van der Waals surface area contributed by atoms with Gasteiger partial charge in [-0.2, -0.15) is 0 Å². The molecule has 23 heavy (non-hydrogen) atoms. The van der Waals surface area contributed by atoms with E-state index in [0.29, 0.717) is 11.0 Å². The summed E-state index contributed by atoms with van der Waals surface area (Å²) in [6.07, 6.45) is 5.27. The third-order valence-electron chi connectivity index (χ3n) is 5.33. The minimum atomic E-state index is -0.801. The molecule has 1 aromatic rings. The standard InChI is InChI=1S/C20H27NO2/c1-19(2,3)8-11-21-12-9-20(10-13-21)14-16(18(22)23)15-6-4-5-7-17(15)20/h4-7,14H,8-13H2,1-3H3,(H,22,23). The van der Waals surface area contributed by atoms with Crippen LogP contribution in [0, 0.1) is 5.41 Å². The van der Waals surface area contributed by atoms with Crippen LogP contribution in [0.1, 0.15) is 51.2 Å². The van der Waals surface area contributed by atoms with Gasteiger partial charge >= 0.3 is 5.97 Å². The number of hydrogen-bond acceptors (Lipinski definition) is 2. The van der Waals surface area contributed by atoms with Crippen molar-refractivity contribution in [1.29, 1.82) is 0 Å². The van der Waals surface area contributed by atoms with Crippen LogP contribution >= 0.6 is 0 Å². The molecule has 0 aromatic heterocycles. The highest BCUT2D eigenvalue weighted by Gasteiger charge is 2.41. The largest absolute Gasteiger partial charge is 0.478 e. The first-order chi connectivity index (χ1) is 10.8. The number of fused-ring (bicyclic) bond motifs is 2. The average molecular weight is 313 g/mol. The number of aliphatic carboxylic acids is 1. The molecule has 3 rings (SSSR count). The van der Waals surface area contributed by atoms with Crippen LogP contribution in [0.5, 0.6) is 0 Å². The maximum atomic E-state index is 11.6. The van der Waals surface area contributed by atoms with Crippen molar-refractivity contribution >= 4 is 11.5 Å². The van der Waals surface area contributed by atoms with Gasteiger partial charge in [0, 0.05) is 5.41 Å². The predicted octanol–water partition coefficient (Wildman–Crippen LogP) is 3.94. The number of allylic oxidation sites excluding steroid dienone is 1. The number of likely N-dealkylation sites (tertiary alicyclic amines) is 1. The summed E-state index contributed by atoms with van der Waals surface area (Å²) in [5.41, 5.74) is 2.92. The van der Waals surface area contributed by atoms with E-state index in [9.17, 15) is 9.90 Å². The monoisotopic (exact) mass is 313 g/mol. The number of benzene rings is 1. The minimum absolute atomic E-state index is 0.0669. The molecule has 1 N–H and O–H groups in total. The summed E-state index contributed by atoms with van der Waals surface area (Å²) in [6, 6.07) is 8.04. The van der Waals surface area contributed by atoms with E-state index in [1.165, 1.54) is 12.0 Å². The van der Waals surface area contributed by atoms with Crippen LogP contribution in [0.4, 0.5) is 0 Å². The van der Waals surface area contributed by atoms with Gasteiger partial charge in [-0.15, -0.1) is 0 Å². The Kier molecular flexibility index (Phi) is 4.09. The first kappa shape index (κ1) is 16.3. The molecule has 0 atom stereocenters. The zero-order valence-electron chi connectivity index (χ0n) is 14.4. The van der Waals surface area contributed by atoms with E-state index in [0.717, 1.165) is 38.0 Å². The Labute approximate surface area is 139 Å². The van der Waals surface area contributed by atoms with E-state index in [1.807, 2.05) is 24.3 Å². The van der Waals surface area contributed by atoms with Crippen LogP contribution in [-0.2, 0) is 10.2 Å².